The monoisotopic (exact) mass is 251 g/mol. The highest BCUT2D eigenvalue weighted by molar-refractivity contribution is 5.41. The van der Waals surface area contributed by atoms with Gasteiger partial charge in [0.15, 0.2) is 11.5 Å². The lowest BCUT2D eigenvalue weighted by atomic mass is 10.1. The van der Waals surface area contributed by atoms with E-state index in [4.69, 9.17) is 4.74 Å². The Hall–Kier alpha value is -1.22. The molecule has 0 aliphatic heterocycles. The molecule has 102 valence electrons. The fourth-order valence-corrected chi connectivity index (χ4v) is 1.89. The third-order valence-electron chi connectivity index (χ3n) is 3.13. The summed E-state index contributed by atoms with van der Waals surface area (Å²) in [6.07, 6.45) is 4.56. The van der Waals surface area contributed by atoms with Gasteiger partial charge in [0.1, 0.15) is 0 Å². The third kappa shape index (κ3) is 4.96. The van der Waals surface area contributed by atoms with Crippen molar-refractivity contribution in [3.8, 4) is 11.5 Å². The number of benzene rings is 1. The number of methoxy groups -OCH3 is 1. The van der Waals surface area contributed by atoms with E-state index in [1.165, 1.54) is 18.4 Å². The van der Waals surface area contributed by atoms with E-state index in [2.05, 4.69) is 19.2 Å². The smallest absolute Gasteiger partial charge is 0.160 e. The number of hydrogen-bond acceptors (Lipinski definition) is 3. The SMILES string of the molecule is CCCCNC(C)CCc1ccc(O)c(OC)c1. The summed E-state index contributed by atoms with van der Waals surface area (Å²) in [6.45, 7) is 5.51. The molecule has 0 saturated heterocycles. The predicted molar refractivity (Wildman–Crippen MR) is 75.4 cm³/mol. The average Bonchev–Trinajstić information content (AvgIpc) is 2.38. The van der Waals surface area contributed by atoms with Gasteiger partial charge in [-0.3, -0.25) is 0 Å². The van der Waals surface area contributed by atoms with Gasteiger partial charge in [-0.15, -0.1) is 0 Å². The molecule has 0 saturated carbocycles. The first-order valence-electron chi connectivity index (χ1n) is 6.76. The summed E-state index contributed by atoms with van der Waals surface area (Å²) in [5.41, 5.74) is 1.20. The van der Waals surface area contributed by atoms with Crippen LogP contribution in [0.3, 0.4) is 0 Å². The maximum Gasteiger partial charge on any atom is 0.160 e. The van der Waals surface area contributed by atoms with E-state index in [1.54, 1.807) is 13.2 Å². The van der Waals surface area contributed by atoms with E-state index in [0.717, 1.165) is 19.4 Å². The molecule has 0 aliphatic rings. The van der Waals surface area contributed by atoms with Crippen LogP contribution in [0.5, 0.6) is 11.5 Å². The summed E-state index contributed by atoms with van der Waals surface area (Å²) in [6, 6.07) is 6.09. The van der Waals surface area contributed by atoms with Crippen LogP contribution in [0.1, 0.15) is 38.7 Å². The topological polar surface area (TPSA) is 41.5 Å². The summed E-state index contributed by atoms with van der Waals surface area (Å²) in [7, 11) is 1.58. The lowest BCUT2D eigenvalue weighted by Crippen LogP contribution is -2.27. The summed E-state index contributed by atoms with van der Waals surface area (Å²) < 4.78 is 5.11. The number of hydrogen-bond donors (Lipinski definition) is 2. The van der Waals surface area contributed by atoms with Gasteiger partial charge in [0.05, 0.1) is 7.11 Å². The molecule has 0 amide bonds. The molecule has 0 fully saturated rings. The Bertz CT molecular complexity index is 352. The highest BCUT2D eigenvalue weighted by Crippen LogP contribution is 2.26. The zero-order valence-corrected chi connectivity index (χ0v) is 11.7. The Morgan fingerprint density at radius 1 is 1.39 bits per heavy atom. The second-order valence-electron chi connectivity index (χ2n) is 4.75. The minimum Gasteiger partial charge on any atom is -0.504 e. The number of phenols is 1. The van der Waals surface area contributed by atoms with E-state index >= 15 is 0 Å². The molecule has 1 aromatic rings. The Morgan fingerprint density at radius 3 is 2.83 bits per heavy atom. The molecule has 0 aromatic heterocycles. The van der Waals surface area contributed by atoms with Crippen molar-refractivity contribution in [2.75, 3.05) is 13.7 Å². The fraction of sp³-hybridized carbons (Fsp3) is 0.600. The van der Waals surface area contributed by atoms with E-state index in [9.17, 15) is 5.11 Å². The van der Waals surface area contributed by atoms with Crippen LogP contribution < -0.4 is 10.1 Å². The molecular formula is C15H25NO2. The second-order valence-corrected chi connectivity index (χ2v) is 4.75. The molecule has 0 aliphatic carbocycles. The van der Waals surface area contributed by atoms with Crippen LogP contribution >= 0.6 is 0 Å². The first-order valence-corrected chi connectivity index (χ1v) is 6.76. The lowest BCUT2D eigenvalue weighted by Gasteiger charge is -2.14. The van der Waals surface area contributed by atoms with Crippen LogP contribution in [0.15, 0.2) is 18.2 Å². The van der Waals surface area contributed by atoms with Gasteiger partial charge in [0, 0.05) is 6.04 Å². The lowest BCUT2D eigenvalue weighted by molar-refractivity contribution is 0.372. The van der Waals surface area contributed by atoms with Gasteiger partial charge in [0.25, 0.3) is 0 Å². The normalized spacial score (nSPS) is 12.4. The van der Waals surface area contributed by atoms with Crippen molar-refractivity contribution >= 4 is 0 Å². The zero-order valence-electron chi connectivity index (χ0n) is 11.7. The first-order chi connectivity index (χ1) is 8.67. The van der Waals surface area contributed by atoms with Crippen molar-refractivity contribution in [1.29, 1.82) is 0 Å². The standard InChI is InChI=1S/C15H25NO2/c1-4-5-10-16-12(2)6-7-13-8-9-14(17)15(11-13)18-3/h8-9,11-12,16-17H,4-7,10H2,1-3H3. The van der Waals surface area contributed by atoms with Gasteiger partial charge >= 0.3 is 0 Å². The molecule has 0 bridgehead atoms. The molecule has 1 rings (SSSR count). The molecule has 2 N–H and O–H groups in total. The van der Waals surface area contributed by atoms with Crippen molar-refractivity contribution in [1.82, 2.24) is 5.32 Å². The largest absolute Gasteiger partial charge is 0.504 e. The van der Waals surface area contributed by atoms with Gasteiger partial charge < -0.3 is 15.2 Å². The molecule has 0 radical (unpaired) electrons. The van der Waals surface area contributed by atoms with Gasteiger partial charge in [0.2, 0.25) is 0 Å². The predicted octanol–water partition coefficient (Wildman–Crippen LogP) is 3.11. The zero-order chi connectivity index (χ0) is 13.4. The van der Waals surface area contributed by atoms with Crippen molar-refractivity contribution in [2.45, 2.75) is 45.6 Å². The fourth-order valence-electron chi connectivity index (χ4n) is 1.89. The molecular weight excluding hydrogens is 226 g/mol. The number of aryl methyl sites for hydroxylation is 1. The molecule has 1 aromatic carbocycles. The number of nitrogens with one attached hydrogen (secondary N) is 1. The third-order valence-corrected chi connectivity index (χ3v) is 3.13. The average molecular weight is 251 g/mol. The van der Waals surface area contributed by atoms with Gasteiger partial charge in [-0.1, -0.05) is 19.4 Å². The summed E-state index contributed by atoms with van der Waals surface area (Å²) in [5.74, 6) is 0.759. The summed E-state index contributed by atoms with van der Waals surface area (Å²) in [5, 5.41) is 13.0. The van der Waals surface area contributed by atoms with E-state index in [0.29, 0.717) is 11.8 Å². The Labute approximate surface area is 110 Å². The van der Waals surface area contributed by atoms with Gasteiger partial charge in [-0.05, 0) is 50.4 Å². The highest BCUT2D eigenvalue weighted by atomic mass is 16.5. The van der Waals surface area contributed by atoms with Crippen molar-refractivity contribution in [3.63, 3.8) is 0 Å². The summed E-state index contributed by atoms with van der Waals surface area (Å²) >= 11 is 0. The molecule has 3 heteroatoms. The van der Waals surface area contributed by atoms with Crippen molar-refractivity contribution in [3.05, 3.63) is 23.8 Å². The number of aromatic hydroxyl groups is 1. The van der Waals surface area contributed by atoms with Gasteiger partial charge in [-0.2, -0.15) is 0 Å². The quantitative estimate of drug-likeness (QED) is 0.698. The maximum absolute atomic E-state index is 9.52. The van der Waals surface area contributed by atoms with Gasteiger partial charge in [-0.25, -0.2) is 0 Å². The number of ether oxygens (including phenoxy) is 1. The number of unbranched alkanes of at least 4 members (excludes halogenated alkanes) is 1. The summed E-state index contributed by atoms with van der Waals surface area (Å²) in [4.78, 5) is 0. The molecule has 1 unspecified atom stereocenters. The molecule has 0 spiro atoms. The minimum absolute atomic E-state index is 0.204. The van der Waals surface area contributed by atoms with E-state index < -0.39 is 0 Å². The molecule has 3 nitrogen and oxygen atoms in total. The number of phenolic OH excluding ortho intramolecular Hbond substituents is 1. The Kier molecular flexibility index (Phi) is 6.58. The second kappa shape index (κ2) is 7.98. The maximum atomic E-state index is 9.52. The van der Waals surface area contributed by atoms with Crippen molar-refractivity contribution < 1.29 is 9.84 Å². The molecule has 1 atom stereocenters. The van der Waals surface area contributed by atoms with Crippen LogP contribution in [-0.4, -0.2) is 24.8 Å². The highest BCUT2D eigenvalue weighted by Gasteiger charge is 2.05. The molecule has 0 heterocycles. The Balaban J connectivity index is 2.38. The first kappa shape index (κ1) is 14.8. The van der Waals surface area contributed by atoms with E-state index in [-0.39, 0.29) is 5.75 Å². The van der Waals surface area contributed by atoms with Crippen LogP contribution in [-0.2, 0) is 6.42 Å². The van der Waals surface area contributed by atoms with Crippen LogP contribution in [0.4, 0.5) is 0 Å². The minimum atomic E-state index is 0.204. The van der Waals surface area contributed by atoms with Crippen molar-refractivity contribution in [2.24, 2.45) is 0 Å². The molecule has 18 heavy (non-hydrogen) atoms. The van der Waals surface area contributed by atoms with Crippen LogP contribution in [0, 0.1) is 0 Å². The van der Waals surface area contributed by atoms with Crippen LogP contribution in [0.25, 0.3) is 0 Å². The van der Waals surface area contributed by atoms with Crippen LogP contribution in [0.2, 0.25) is 0 Å². The Morgan fingerprint density at radius 2 is 2.17 bits per heavy atom. The number of rotatable bonds is 8. The van der Waals surface area contributed by atoms with E-state index in [1.807, 2.05) is 12.1 Å².